The summed E-state index contributed by atoms with van der Waals surface area (Å²) in [6, 6.07) is 4.06. The molecule has 1 amide bonds. The van der Waals surface area contributed by atoms with Crippen molar-refractivity contribution in [1.82, 2.24) is 14.9 Å². The number of nitrogens with one attached hydrogen (secondary N) is 1. The van der Waals surface area contributed by atoms with Crippen LogP contribution in [0.3, 0.4) is 0 Å². The van der Waals surface area contributed by atoms with Crippen LogP contribution in [0.4, 0.5) is 0 Å². The Labute approximate surface area is 141 Å². The van der Waals surface area contributed by atoms with Gasteiger partial charge in [-0.2, -0.15) is 0 Å². The van der Waals surface area contributed by atoms with E-state index in [1.807, 2.05) is 31.4 Å². The topological polar surface area (TPSA) is 64.0 Å². The van der Waals surface area contributed by atoms with Crippen LogP contribution in [0.1, 0.15) is 18.2 Å². The molecule has 7 heteroatoms. The van der Waals surface area contributed by atoms with Crippen LogP contribution in [-0.2, 0) is 11.3 Å². The van der Waals surface area contributed by atoms with Gasteiger partial charge in [-0.15, -0.1) is 22.7 Å². The lowest BCUT2D eigenvalue weighted by Gasteiger charge is -2.06. The molecule has 0 radical (unpaired) electrons. The zero-order valence-electron chi connectivity index (χ0n) is 13.0. The average Bonchev–Trinajstić information content (AvgIpc) is 3.14. The highest BCUT2D eigenvalue weighted by Crippen LogP contribution is 2.34. The van der Waals surface area contributed by atoms with Crippen LogP contribution in [0, 0.1) is 6.92 Å². The first-order valence-electron chi connectivity index (χ1n) is 7.40. The van der Waals surface area contributed by atoms with E-state index in [4.69, 9.17) is 0 Å². The third-order valence-electron chi connectivity index (χ3n) is 3.45. The van der Waals surface area contributed by atoms with Crippen LogP contribution < -0.4 is 10.9 Å². The van der Waals surface area contributed by atoms with E-state index >= 15 is 0 Å². The number of rotatable bonds is 5. The van der Waals surface area contributed by atoms with Gasteiger partial charge in [0.05, 0.1) is 11.7 Å². The number of amides is 1. The van der Waals surface area contributed by atoms with Crippen LogP contribution in [0.2, 0.25) is 0 Å². The summed E-state index contributed by atoms with van der Waals surface area (Å²) in [6.45, 7) is 4.64. The maximum absolute atomic E-state index is 12.8. The average molecular weight is 347 g/mol. The fourth-order valence-electron chi connectivity index (χ4n) is 2.32. The molecule has 5 nitrogen and oxygen atoms in total. The van der Waals surface area contributed by atoms with Gasteiger partial charge in [0.15, 0.2) is 0 Å². The molecule has 3 aromatic rings. The van der Waals surface area contributed by atoms with Gasteiger partial charge in [-0.05, 0) is 25.5 Å². The predicted octanol–water partition coefficient (Wildman–Crippen LogP) is 3.02. The zero-order chi connectivity index (χ0) is 16.4. The van der Waals surface area contributed by atoms with E-state index in [-0.39, 0.29) is 18.0 Å². The molecule has 0 saturated carbocycles. The minimum Gasteiger partial charge on any atom is -0.355 e. The van der Waals surface area contributed by atoms with Gasteiger partial charge in [-0.25, -0.2) is 4.98 Å². The van der Waals surface area contributed by atoms with Crippen molar-refractivity contribution in [3.05, 3.63) is 39.1 Å². The van der Waals surface area contributed by atoms with Crippen molar-refractivity contribution in [3.8, 4) is 10.4 Å². The summed E-state index contributed by atoms with van der Waals surface area (Å²) in [4.78, 5) is 31.9. The maximum Gasteiger partial charge on any atom is 0.263 e. The molecule has 0 aliphatic heterocycles. The van der Waals surface area contributed by atoms with Crippen LogP contribution in [0.25, 0.3) is 20.7 Å². The summed E-state index contributed by atoms with van der Waals surface area (Å²) in [7, 11) is 0. The highest BCUT2D eigenvalue weighted by Gasteiger charge is 2.15. The van der Waals surface area contributed by atoms with Gasteiger partial charge in [0, 0.05) is 27.2 Å². The van der Waals surface area contributed by atoms with E-state index in [0.717, 1.165) is 16.9 Å². The van der Waals surface area contributed by atoms with Crippen molar-refractivity contribution in [3.63, 3.8) is 0 Å². The predicted molar refractivity (Wildman–Crippen MR) is 95.2 cm³/mol. The van der Waals surface area contributed by atoms with Gasteiger partial charge < -0.3 is 5.32 Å². The highest BCUT2D eigenvalue weighted by atomic mass is 32.1. The minimum atomic E-state index is -0.168. The lowest BCUT2D eigenvalue weighted by molar-refractivity contribution is -0.121. The van der Waals surface area contributed by atoms with Gasteiger partial charge in [0.1, 0.15) is 11.4 Å². The Balaban J connectivity index is 2.01. The number of carbonyl (C=O) groups is 1. The fraction of sp³-hybridized carbons (Fsp3) is 0.312. The van der Waals surface area contributed by atoms with Gasteiger partial charge in [-0.1, -0.05) is 6.92 Å². The molecule has 0 aliphatic carbocycles. The number of hydrogen-bond acceptors (Lipinski definition) is 5. The number of aromatic nitrogens is 2. The first kappa shape index (κ1) is 15.9. The van der Waals surface area contributed by atoms with E-state index in [0.29, 0.717) is 16.8 Å². The number of hydrogen-bond donors (Lipinski definition) is 1. The van der Waals surface area contributed by atoms with E-state index < -0.39 is 0 Å². The molecule has 0 atom stereocenters. The summed E-state index contributed by atoms with van der Waals surface area (Å²) in [6.07, 6.45) is 2.32. The second-order valence-electron chi connectivity index (χ2n) is 5.27. The van der Waals surface area contributed by atoms with Crippen molar-refractivity contribution in [2.24, 2.45) is 0 Å². The second kappa shape index (κ2) is 6.64. The molecule has 0 aliphatic rings. The minimum absolute atomic E-state index is 0.000524. The first-order valence-corrected chi connectivity index (χ1v) is 9.10. The molecule has 0 unspecified atom stereocenters. The molecule has 0 spiro atoms. The summed E-state index contributed by atoms with van der Waals surface area (Å²) in [5, 5.41) is 5.34. The normalized spacial score (nSPS) is 11.0. The molecular formula is C16H17N3O2S2. The lowest BCUT2D eigenvalue weighted by Crippen LogP contribution is -2.32. The summed E-state index contributed by atoms with van der Waals surface area (Å²) >= 11 is 3.11. The van der Waals surface area contributed by atoms with Crippen LogP contribution in [0.5, 0.6) is 0 Å². The van der Waals surface area contributed by atoms with Crippen molar-refractivity contribution in [1.29, 1.82) is 0 Å². The van der Waals surface area contributed by atoms with Crippen molar-refractivity contribution in [2.45, 2.75) is 26.8 Å². The molecule has 0 aromatic carbocycles. The Kier molecular flexibility index (Phi) is 4.58. The monoisotopic (exact) mass is 347 g/mol. The molecule has 120 valence electrons. The number of carbonyl (C=O) groups excluding carboxylic acids is 1. The number of nitrogens with zero attached hydrogens (tertiary/aromatic N) is 2. The van der Waals surface area contributed by atoms with Crippen molar-refractivity contribution >= 4 is 38.8 Å². The Bertz CT molecular complexity index is 908. The van der Waals surface area contributed by atoms with E-state index in [9.17, 15) is 9.59 Å². The zero-order valence-corrected chi connectivity index (χ0v) is 14.6. The van der Waals surface area contributed by atoms with E-state index in [1.165, 1.54) is 27.1 Å². The third-order valence-corrected chi connectivity index (χ3v) is 5.37. The number of aryl methyl sites for hydroxylation is 1. The van der Waals surface area contributed by atoms with Crippen LogP contribution in [0.15, 0.2) is 28.6 Å². The van der Waals surface area contributed by atoms with Crippen molar-refractivity contribution in [2.75, 3.05) is 6.54 Å². The lowest BCUT2D eigenvalue weighted by atomic mass is 10.2. The first-order chi connectivity index (χ1) is 11.1. The molecule has 0 saturated heterocycles. The van der Waals surface area contributed by atoms with Crippen molar-refractivity contribution < 1.29 is 4.79 Å². The second-order valence-corrected chi connectivity index (χ2v) is 7.41. The SMILES string of the molecule is CCCNC(=O)Cn1cnc2scc(-c3ccc(C)s3)c2c1=O. The molecule has 3 aromatic heterocycles. The quantitative estimate of drug-likeness (QED) is 0.771. The van der Waals surface area contributed by atoms with E-state index in [1.54, 1.807) is 11.3 Å². The molecule has 1 N–H and O–H groups in total. The van der Waals surface area contributed by atoms with E-state index in [2.05, 4.69) is 10.3 Å². The fourth-order valence-corrected chi connectivity index (χ4v) is 4.18. The maximum atomic E-state index is 12.8. The largest absolute Gasteiger partial charge is 0.355 e. The number of fused-ring (bicyclic) bond motifs is 1. The molecule has 3 heterocycles. The number of thiophene rings is 2. The highest BCUT2D eigenvalue weighted by molar-refractivity contribution is 7.19. The Morgan fingerprint density at radius 1 is 1.39 bits per heavy atom. The summed E-state index contributed by atoms with van der Waals surface area (Å²) in [5.74, 6) is -0.168. The Morgan fingerprint density at radius 2 is 2.22 bits per heavy atom. The Morgan fingerprint density at radius 3 is 2.91 bits per heavy atom. The molecular weight excluding hydrogens is 330 g/mol. The molecule has 3 rings (SSSR count). The third kappa shape index (κ3) is 3.20. The van der Waals surface area contributed by atoms with Gasteiger partial charge in [0.2, 0.25) is 5.91 Å². The summed E-state index contributed by atoms with van der Waals surface area (Å²) < 4.78 is 1.38. The molecule has 23 heavy (non-hydrogen) atoms. The smallest absolute Gasteiger partial charge is 0.263 e. The molecule has 0 bridgehead atoms. The van der Waals surface area contributed by atoms with Crippen LogP contribution >= 0.6 is 22.7 Å². The standard InChI is InChI=1S/C16H17N3O2S2/c1-3-6-17-13(20)7-19-9-18-15-14(16(19)21)11(8-22-15)12-5-4-10(2)23-12/h4-5,8-9H,3,6-7H2,1-2H3,(H,17,20). The van der Waals surface area contributed by atoms with Crippen LogP contribution in [-0.4, -0.2) is 22.0 Å². The van der Waals surface area contributed by atoms with Gasteiger partial charge in [-0.3, -0.25) is 14.2 Å². The van der Waals surface area contributed by atoms with Gasteiger partial charge >= 0.3 is 0 Å². The molecule has 0 fully saturated rings. The summed E-state index contributed by atoms with van der Waals surface area (Å²) in [5.41, 5.74) is 0.743. The van der Waals surface area contributed by atoms with Gasteiger partial charge in [0.25, 0.3) is 5.56 Å². The Hall–Kier alpha value is -1.99.